The molecule has 0 saturated carbocycles. The molecule has 0 aliphatic heterocycles. The van der Waals surface area contributed by atoms with Gasteiger partial charge in [-0.15, -0.1) is 11.3 Å². The summed E-state index contributed by atoms with van der Waals surface area (Å²) in [6, 6.07) is 11.6. The van der Waals surface area contributed by atoms with Gasteiger partial charge in [0, 0.05) is 29.5 Å². The number of rotatable bonds is 2. The molecule has 0 fully saturated rings. The van der Waals surface area contributed by atoms with E-state index in [0.29, 0.717) is 11.4 Å². The van der Waals surface area contributed by atoms with Gasteiger partial charge in [0.2, 0.25) is 0 Å². The minimum Gasteiger partial charge on any atom is -0.304 e. The first-order chi connectivity index (χ1) is 10.7. The number of carbonyl (C=O) groups excluding carboxylic acids is 1. The van der Waals surface area contributed by atoms with E-state index in [0.717, 1.165) is 15.6 Å². The number of aromatic nitrogens is 3. The highest BCUT2D eigenvalue weighted by atomic mass is 32.1. The molecule has 0 spiro atoms. The van der Waals surface area contributed by atoms with Crippen molar-refractivity contribution in [3.05, 3.63) is 54.4 Å². The molecular formula is C16H12N4OS. The lowest BCUT2D eigenvalue weighted by atomic mass is 10.2. The number of anilines is 1. The standard InChI is InChI=1S/C16H12N4OS/c1-20-13-11-6-2-3-7-12(11)22-14(13)15(19-20)18-16(21)10-5-4-8-17-9-10/h2-9H,1H3,(H,18,19,21). The van der Waals surface area contributed by atoms with Crippen molar-refractivity contribution in [1.82, 2.24) is 14.8 Å². The van der Waals surface area contributed by atoms with Crippen LogP contribution in [-0.2, 0) is 7.05 Å². The topological polar surface area (TPSA) is 59.8 Å². The van der Waals surface area contributed by atoms with Crippen LogP contribution < -0.4 is 5.32 Å². The molecule has 4 aromatic rings. The predicted molar refractivity (Wildman–Crippen MR) is 88.3 cm³/mol. The molecule has 0 bridgehead atoms. The van der Waals surface area contributed by atoms with Crippen molar-refractivity contribution in [3.8, 4) is 0 Å². The summed E-state index contributed by atoms with van der Waals surface area (Å²) >= 11 is 1.63. The molecule has 0 radical (unpaired) electrons. The molecule has 1 N–H and O–H groups in total. The van der Waals surface area contributed by atoms with Crippen molar-refractivity contribution in [1.29, 1.82) is 0 Å². The first-order valence-electron chi connectivity index (χ1n) is 6.79. The van der Waals surface area contributed by atoms with Gasteiger partial charge in [0.1, 0.15) is 0 Å². The van der Waals surface area contributed by atoms with E-state index in [1.165, 1.54) is 4.70 Å². The molecule has 1 aromatic carbocycles. The number of benzene rings is 1. The van der Waals surface area contributed by atoms with Crippen LogP contribution in [0, 0.1) is 0 Å². The summed E-state index contributed by atoms with van der Waals surface area (Å²) in [5.41, 5.74) is 1.56. The highest BCUT2D eigenvalue weighted by Gasteiger charge is 2.17. The monoisotopic (exact) mass is 308 g/mol. The van der Waals surface area contributed by atoms with Gasteiger partial charge in [-0.25, -0.2) is 0 Å². The van der Waals surface area contributed by atoms with Crippen LogP contribution in [0.3, 0.4) is 0 Å². The fourth-order valence-corrected chi connectivity index (χ4v) is 3.69. The summed E-state index contributed by atoms with van der Waals surface area (Å²) in [7, 11) is 1.89. The van der Waals surface area contributed by atoms with Gasteiger partial charge in [-0.2, -0.15) is 5.10 Å². The summed E-state index contributed by atoms with van der Waals surface area (Å²) in [4.78, 5) is 16.3. The smallest absolute Gasteiger partial charge is 0.258 e. The third-order valence-electron chi connectivity index (χ3n) is 3.51. The summed E-state index contributed by atoms with van der Waals surface area (Å²) in [6.07, 6.45) is 3.18. The Bertz CT molecular complexity index is 987. The summed E-state index contributed by atoms with van der Waals surface area (Å²) in [5, 5.41) is 8.47. The van der Waals surface area contributed by atoms with Crippen LogP contribution in [0.5, 0.6) is 0 Å². The second kappa shape index (κ2) is 4.92. The van der Waals surface area contributed by atoms with Crippen LogP contribution in [0.1, 0.15) is 10.4 Å². The van der Waals surface area contributed by atoms with Crippen molar-refractivity contribution in [2.75, 3.05) is 5.32 Å². The Morgan fingerprint density at radius 1 is 1.23 bits per heavy atom. The number of pyridine rings is 1. The van der Waals surface area contributed by atoms with Gasteiger partial charge in [0.25, 0.3) is 5.91 Å². The van der Waals surface area contributed by atoms with Crippen molar-refractivity contribution in [3.63, 3.8) is 0 Å². The first-order valence-corrected chi connectivity index (χ1v) is 7.61. The van der Waals surface area contributed by atoms with Crippen molar-refractivity contribution in [2.24, 2.45) is 7.05 Å². The molecular weight excluding hydrogens is 296 g/mol. The van der Waals surface area contributed by atoms with Gasteiger partial charge in [-0.05, 0) is 18.2 Å². The lowest BCUT2D eigenvalue weighted by molar-refractivity contribution is 0.102. The zero-order valence-electron chi connectivity index (χ0n) is 11.8. The van der Waals surface area contributed by atoms with Crippen LogP contribution in [0.25, 0.3) is 20.3 Å². The second-order valence-corrected chi connectivity index (χ2v) is 6.00. The van der Waals surface area contributed by atoms with E-state index in [2.05, 4.69) is 27.5 Å². The van der Waals surface area contributed by atoms with Gasteiger partial charge in [-0.1, -0.05) is 18.2 Å². The minimum atomic E-state index is -0.203. The molecule has 108 valence electrons. The lowest BCUT2D eigenvalue weighted by Crippen LogP contribution is -2.12. The quantitative estimate of drug-likeness (QED) is 0.617. The molecule has 0 atom stereocenters. The van der Waals surface area contributed by atoms with E-state index in [1.54, 1.807) is 35.9 Å². The van der Waals surface area contributed by atoms with Gasteiger partial charge < -0.3 is 5.32 Å². The Morgan fingerprint density at radius 3 is 2.91 bits per heavy atom. The van der Waals surface area contributed by atoms with Crippen LogP contribution in [0.4, 0.5) is 5.82 Å². The Hall–Kier alpha value is -2.73. The highest BCUT2D eigenvalue weighted by molar-refractivity contribution is 7.26. The predicted octanol–water partition coefficient (Wildman–Crippen LogP) is 3.44. The molecule has 6 heteroatoms. The van der Waals surface area contributed by atoms with Crippen molar-refractivity contribution >= 4 is 43.4 Å². The minimum absolute atomic E-state index is 0.203. The van der Waals surface area contributed by atoms with Crippen LogP contribution in [0.2, 0.25) is 0 Å². The number of aryl methyl sites for hydroxylation is 1. The average Bonchev–Trinajstić information content (AvgIpc) is 3.07. The normalized spacial score (nSPS) is 11.1. The first kappa shape index (κ1) is 13.0. The fourth-order valence-electron chi connectivity index (χ4n) is 2.52. The molecule has 22 heavy (non-hydrogen) atoms. The third-order valence-corrected chi connectivity index (χ3v) is 4.68. The number of nitrogens with one attached hydrogen (secondary N) is 1. The van der Waals surface area contributed by atoms with Crippen LogP contribution in [0.15, 0.2) is 48.8 Å². The number of amides is 1. The second-order valence-electron chi connectivity index (χ2n) is 4.94. The number of nitrogens with zero attached hydrogens (tertiary/aromatic N) is 3. The van der Waals surface area contributed by atoms with Crippen molar-refractivity contribution in [2.45, 2.75) is 0 Å². The van der Waals surface area contributed by atoms with Gasteiger partial charge in [0.05, 0.1) is 15.8 Å². The largest absolute Gasteiger partial charge is 0.304 e. The highest BCUT2D eigenvalue weighted by Crippen LogP contribution is 2.37. The van der Waals surface area contributed by atoms with E-state index in [4.69, 9.17) is 0 Å². The molecule has 0 aliphatic rings. The summed E-state index contributed by atoms with van der Waals surface area (Å²) in [6.45, 7) is 0. The van der Waals surface area contributed by atoms with Crippen LogP contribution in [-0.4, -0.2) is 20.7 Å². The van der Waals surface area contributed by atoms with Crippen LogP contribution >= 0.6 is 11.3 Å². The van der Waals surface area contributed by atoms with Gasteiger partial charge in [0.15, 0.2) is 5.82 Å². The summed E-state index contributed by atoms with van der Waals surface area (Å²) in [5.74, 6) is 0.387. The lowest BCUT2D eigenvalue weighted by Gasteiger charge is -2.01. The number of hydrogen-bond acceptors (Lipinski definition) is 4. The molecule has 5 nitrogen and oxygen atoms in total. The average molecular weight is 308 g/mol. The molecule has 4 rings (SSSR count). The number of thiophene rings is 1. The maximum Gasteiger partial charge on any atom is 0.258 e. The SMILES string of the molecule is Cn1nc(NC(=O)c2cccnc2)c2sc3ccccc3c21. The summed E-state index contributed by atoms with van der Waals surface area (Å²) < 4.78 is 3.98. The molecule has 1 amide bonds. The van der Waals surface area contributed by atoms with E-state index in [-0.39, 0.29) is 5.91 Å². The van der Waals surface area contributed by atoms with Gasteiger partial charge >= 0.3 is 0 Å². The Kier molecular flexibility index (Phi) is 2.90. The van der Waals surface area contributed by atoms with E-state index >= 15 is 0 Å². The maximum absolute atomic E-state index is 12.3. The fraction of sp³-hybridized carbons (Fsp3) is 0.0625. The molecule has 0 unspecified atom stereocenters. The Balaban J connectivity index is 1.81. The molecule has 0 aliphatic carbocycles. The number of fused-ring (bicyclic) bond motifs is 3. The van der Waals surface area contributed by atoms with E-state index in [9.17, 15) is 4.79 Å². The molecule has 0 saturated heterocycles. The van der Waals surface area contributed by atoms with Crippen molar-refractivity contribution < 1.29 is 4.79 Å². The van der Waals surface area contributed by atoms with Gasteiger partial charge in [-0.3, -0.25) is 14.5 Å². The molecule has 3 aromatic heterocycles. The number of carbonyl (C=O) groups is 1. The Morgan fingerprint density at radius 2 is 2.09 bits per heavy atom. The molecule has 3 heterocycles. The van der Waals surface area contributed by atoms with E-state index in [1.807, 2.05) is 23.9 Å². The number of hydrogen-bond donors (Lipinski definition) is 1. The zero-order chi connectivity index (χ0) is 15.1. The maximum atomic E-state index is 12.3. The van der Waals surface area contributed by atoms with E-state index < -0.39 is 0 Å². The Labute approximate surface area is 130 Å². The third kappa shape index (κ3) is 1.96. The zero-order valence-corrected chi connectivity index (χ0v) is 12.6.